The van der Waals surface area contributed by atoms with E-state index in [1.807, 2.05) is 36.1 Å². The zero-order valence-corrected chi connectivity index (χ0v) is 20.8. The Balaban J connectivity index is 1.71. The molecule has 0 spiro atoms. The number of amides is 1. The summed E-state index contributed by atoms with van der Waals surface area (Å²) < 4.78 is 13.1. The molecule has 4 rings (SSSR count). The first kappa shape index (κ1) is 24.4. The van der Waals surface area contributed by atoms with Crippen LogP contribution in [0, 0.1) is 6.92 Å². The number of imidazole rings is 1. The molecule has 0 radical (unpaired) electrons. The van der Waals surface area contributed by atoms with Crippen LogP contribution in [0.25, 0.3) is 11.0 Å². The Hall–Kier alpha value is -2.74. The van der Waals surface area contributed by atoms with E-state index in [4.69, 9.17) is 14.5 Å². The van der Waals surface area contributed by atoms with Gasteiger partial charge in [0, 0.05) is 20.2 Å². The van der Waals surface area contributed by atoms with Gasteiger partial charge in [0.15, 0.2) is 0 Å². The number of carbonyl (C=O) groups excluding carboxylic acids is 1. The molecule has 0 unspecified atom stereocenters. The molecule has 1 saturated heterocycles. The van der Waals surface area contributed by atoms with E-state index in [1.165, 1.54) is 5.56 Å². The molecule has 1 atom stereocenters. The molecule has 3 aromatic rings. The summed E-state index contributed by atoms with van der Waals surface area (Å²) in [5, 5.41) is 0. The highest BCUT2D eigenvalue weighted by atomic mass is 16.5. The van der Waals surface area contributed by atoms with Gasteiger partial charge in [-0.3, -0.25) is 9.69 Å². The molecule has 1 aliphatic heterocycles. The summed E-state index contributed by atoms with van der Waals surface area (Å²) in [5.41, 5.74) is 5.16. The van der Waals surface area contributed by atoms with Crippen molar-refractivity contribution in [1.82, 2.24) is 14.5 Å². The third kappa shape index (κ3) is 5.17. The second kappa shape index (κ2) is 11.1. The van der Waals surface area contributed by atoms with Gasteiger partial charge in [0.25, 0.3) is 0 Å². The molecule has 1 aromatic heterocycles. The number of rotatable bonds is 9. The number of benzene rings is 2. The van der Waals surface area contributed by atoms with E-state index < -0.39 is 0 Å². The highest BCUT2D eigenvalue weighted by Gasteiger charge is 2.27. The predicted octanol–water partition coefficient (Wildman–Crippen LogP) is 3.81. The number of morpholine rings is 1. The lowest BCUT2D eigenvalue weighted by Crippen LogP contribution is -2.44. The Morgan fingerprint density at radius 3 is 2.68 bits per heavy atom. The Bertz CT molecular complexity index is 1120. The zero-order chi connectivity index (χ0) is 24.1. The fraction of sp³-hybridized carbons (Fsp3) is 0.481. The maximum absolute atomic E-state index is 14.0. The first-order valence-electron chi connectivity index (χ1n) is 12.2. The monoisotopic (exact) mass is 464 g/mol. The van der Waals surface area contributed by atoms with Crippen molar-refractivity contribution in [2.24, 2.45) is 0 Å². The standard InChI is InChI=1S/C27H36N4O3/c1-5-22-10-8-9-20(2)27(22)31(21(3)19-33-4)26(32)18-30-24-12-7-6-11-23(24)28-25(30)17-29-13-15-34-16-14-29/h6-12,21H,5,13-19H2,1-4H3/t21-/m1/s1. The summed E-state index contributed by atoms with van der Waals surface area (Å²) in [4.78, 5) is 23.2. The molecule has 182 valence electrons. The molecule has 0 bridgehead atoms. The summed E-state index contributed by atoms with van der Waals surface area (Å²) in [6, 6.07) is 14.2. The number of hydrogen-bond donors (Lipinski definition) is 0. The fourth-order valence-corrected chi connectivity index (χ4v) is 4.85. The first-order chi connectivity index (χ1) is 16.5. The van der Waals surface area contributed by atoms with E-state index in [0.29, 0.717) is 13.2 Å². The van der Waals surface area contributed by atoms with Gasteiger partial charge in [-0.05, 0) is 43.5 Å². The van der Waals surface area contributed by atoms with E-state index in [1.54, 1.807) is 7.11 Å². The van der Waals surface area contributed by atoms with Crippen molar-refractivity contribution in [3.8, 4) is 0 Å². The summed E-state index contributed by atoms with van der Waals surface area (Å²) in [6.45, 7) is 10.9. The molecule has 34 heavy (non-hydrogen) atoms. The topological polar surface area (TPSA) is 59.8 Å². The lowest BCUT2D eigenvalue weighted by molar-refractivity contribution is -0.119. The van der Waals surface area contributed by atoms with E-state index >= 15 is 0 Å². The summed E-state index contributed by atoms with van der Waals surface area (Å²) in [7, 11) is 1.68. The Morgan fingerprint density at radius 1 is 1.18 bits per heavy atom. The third-order valence-electron chi connectivity index (χ3n) is 6.56. The van der Waals surface area contributed by atoms with E-state index in [0.717, 1.165) is 60.8 Å². The summed E-state index contributed by atoms with van der Waals surface area (Å²) in [6.07, 6.45) is 0.858. The number of anilines is 1. The second-order valence-corrected chi connectivity index (χ2v) is 9.00. The van der Waals surface area contributed by atoms with E-state index in [2.05, 4.69) is 41.5 Å². The SMILES string of the molecule is CCc1cccc(C)c1N(C(=O)Cn1c(CN2CCOCC2)nc2ccccc21)[C@H](C)COC. The fourth-order valence-electron chi connectivity index (χ4n) is 4.85. The van der Waals surface area contributed by atoms with Gasteiger partial charge < -0.3 is 18.9 Å². The van der Waals surface area contributed by atoms with Gasteiger partial charge in [0.2, 0.25) is 5.91 Å². The van der Waals surface area contributed by atoms with Gasteiger partial charge in [-0.15, -0.1) is 0 Å². The zero-order valence-electron chi connectivity index (χ0n) is 20.8. The summed E-state index contributed by atoms with van der Waals surface area (Å²) in [5.74, 6) is 0.955. The normalized spacial score (nSPS) is 15.5. The predicted molar refractivity (Wildman–Crippen MR) is 135 cm³/mol. The lowest BCUT2D eigenvalue weighted by Gasteiger charge is -2.32. The minimum Gasteiger partial charge on any atom is -0.383 e. The van der Waals surface area contributed by atoms with E-state index in [-0.39, 0.29) is 18.5 Å². The van der Waals surface area contributed by atoms with Gasteiger partial charge in [0.1, 0.15) is 12.4 Å². The Labute approximate surface area is 202 Å². The van der Waals surface area contributed by atoms with Gasteiger partial charge in [-0.25, -0.2) is 4.98 Å². The van der Waals surface area contributed by atoms with Crippen LogP contribution in [0.1, 0.15) is 30.8 Å². The summed E-state index contributed by atoms with van der Waals surface area (Å²) >= 11 is 0. The highest BCUT2D eigenvalue weighted by molar-refractivity contribution is 5.96. The van der Waals surface area contributed by atoms with Crippen molar-refractivity contribution < 1.29 is 14.3 Å². The largest absolute Gasteiger partial charge is 0.383 e. The number of ether oxygens (including phenoxy) is 2. The van der Waals surface area contributed by atoms with Crippen molar-refractivity contribution >= 4 is 22.6 Å². The molecule has 0 N–H and O–H groups in total. The molecule has 1 fully saturated rings. The van der Waals surface area contributed by atoms with Gasteiger partial charge in [0.05, 0.1) is 49.1 Å². The molecular weight excluding hydrogens is 428 g/mol. The molecule has 7 nitrogen and oxygen atoms in total. The Kier molecular flexibility index (Phi) is 7.98. The third-order valence-corrected chi connectivity index (χ3v) is 6.56. The minimum atomic E-state index is -0.0959. The maximum Gasteiger partial charge on any atom is 0.247 e. The molecule has 0 saturated carbocycles. The van der Waals surface area contributed by atoms with Crippen molar-refractivity contribution in [3.63, 3.8) is 0 Å². The number of carbonyl (C=O) groups is 1. The van der Waals surface area contributed by atoms with Gasteiger partial charge in [-0.1, -0.05) is 37.3 Å². The van der Waals surface area contributed by atoms with Crippen LogP contribution in [-0.4, -0.2) is 66.4 Å². The second-order valence-electron chi connectivity index (χ2n) is 9.00. The van der Waals surface area contributed by atoms with E-state index in [9.17, 15) is 4.79 Å². The average Bonchev–Trinajstić information content (AvgIpc) is 3.18. The number of aryl methyl sites for hydroxylation is 2. The van der Waals surface area contributed by atoms with Crippen molar-refractivity contribution in [2.45, 2.75) is 46.3 Å². The molecule has 0 aliphatic carbocycles. The van der Waals surface area contributed by atoms with Crippen LogP contribution >= 0.6 is 0 Å². The van der Waals surface area contributed by atoms with Crippen LogP contribution in [0.3, 0.4) is 0 Å². The van der Waals surface area contributed by atoms with Crippen LogP contribution in [0.15, 0.2) is 42.5 Å². The van der Waals surface area contributed by atoms with Crippen LogP contribution in [-0.2, 0) is 33.8 Å². The van der Waals surface area contributed by atoms with Gasteiger partial charge >= 0.3 is 0 Å². The number of aromatic nitrogens is 2. The minimum absolute atomic E-state index is 0.0416. The maximum atomic E-state index is 14.0. The molecule has 2 aromatic carbocycles. The molecule has 7 heteroatoms. The number of methoxy groups -OCH3 is 1. The van der Waals surface area contributed by atoms with Crippen LogP contribution < -0.4 is 4.90 Å². The van der Waals surface area contributed by atoms with Gasteiger partial charge in [-0.2, -0.15) is 0 Å². The number of nitrogens with zero attached hydrogens (tertiary/aromatic N) is 4. The molecule has 2 heterocycles. The van der Waals surface area contributed by atoms with Crippen molar-refractivity contribution in [2.75, 3.05) is 44.9 Å². The molecule has 1 amide bonds. The smallest absolute Gasteiger partial charge is 0.247 e. The van der Waals surface area contributed by atoms with Crippen LogP contribution in [0.5, 0.6) is 0 Å². The van der Waals surface area contributed by atoms with Crippen LogP contribution in [0.2, 0.25) is 0 Å². The highest BCUT2D eigenvalue weighted by Crippen LogP contribution is 2.29. The number of fused-ring (bicyclic) bond motifs is 1. The molecule has 1 aliphatic rings. The Morgan fingerprint density at radius 2 is 1.94 bits per heavy atom. The van der Waals surface area contributed by atoms with Crippen LogP contribution in [0.4, 0.5) is 5.69 Å². The van der Waals surface area contributed by atoms with Crippen molar-refractivity contribution in [3.05, 3.63) is 59.4 Å². The number of hydrogen-bond acceptors (Lipinski definition) is 5. The van der Waals surface area contributed by atoms with Crippen molar-refractivity contribution in [1.29, 1.82) is 0 Å². The quantitative estimate of drug-likeness (QED) is 0.482. The lowest BCUT2D eigenvalue weighted by atomic mass is 10.0. The first-order valence-corrected chi connectivity index (χ1v) is 12.2. The average molecular weight is 465 g/mol. The number of para-hydroxylation sites is 3. The molecular formula is C27H36N4O3.